The molecule has 0 bridgehead atoms. The molecule has 0 saturated carbocycles. The van der Waals surface area contributed by atoms with E-state index in [9.17, 15) is 23.6 Å². The van der Waals surface area contributed by atoms with E-state index in [1.54, 1.807) is 6.92 Å². The van der Waals surface area contributed by atoms with Crippen molar-refractivity contribution in [1.82, 2.24) is 26.2 Å². The van der Waals surface area contributed by atoms with Crippen LogP contribution in [-0.4, -0.2) is 58.6 Å². The van der Waals surface area contributed by atoms with E-state index in [1.807, 2.05) is 13.8 Å². The molecule has 3 atom stereocenters. The molecule has 166 valence electrons. The fraction of sp³-hybridized carbons (Fsp3) is 0.611. The van der Waals surface area contributed by atoms with Crippen molar-refractivity contribution in [2.24, 2.45) is 11.8 Å². The van der Waals surface area contributed by atoms with Crippen LogP contribution in [0.25, 0.3) is 0 Å². The monoisotopic (exact) mass is 445 g/mol. The fourth-order valence-corrected chi connectivity index (χ4v) is 3.09. The second kappa shape index (κ2) is 10.4. The van der Waals surface area contributed by atoms with Crippen LogP contribution >= 0.6 is 11.6 Å². The second-order valence-electron chi connectivity index (χ2n) is 7.48. The van der Waals surface area contributed by atoms with Gasteiger partial charge in [0, 0.05) is 12.6 Å². The Kier molecular flexibility index (Phi) is 8.16. The molecule has 1 aliphatic heterocycles. The highest BCUT2D eigenvalue weighted by Crippen LogP contribution is 2.14. The summed E-state index contributed by atoms with van der Waals surface area (Å²) in [6.07, 6.45) is 0.662. The minimum absolute atomic E-state index is 0.00537. The molecule has 10 nitrogen and oxygen atoms in total. The van der Waals surface area contributed by atoms with Gasteiger partial charge in [-0.2, -0.15) is 0 Å². The summed E-state index contributed by atoms with van der Waals surface area (Å²) in [6.45, 7) is 5.48. The maximum atomic E-state index is 13.4. The highest BCUT2D eigenvalue weighted by atomic mass is 35.5. The van der Waals surface area contributed by atoms with Crippen LogP contribution in [0.1, 0.15) is 42.9 Å². The summed E-state index contributed by atoms with van der Waals surface area (Å²) in [5.41, 5.74) is -0.108. The first-order valence-electron chi connectivity index (χ1n) is 9.50. The van der Waals surface area contributed by atoms with Crippen LogP contribution in [0.3, 0.4) is 0 Å². The predicted molar refractivity (Wildman–Crippen MR) is 104 cm³/mol. The summed E-state index contributed by atoms with van der Waals surface area (Å²) in [6, 6.07) is 0.366. The number of hydrogen-bond acceptors (Lipinski definition) is 6. The van der Waals surface area contributed by atoms with Gasteiger partial charge < -0.3 is 15.2 Å². The van der Waals surface area contributed by atoms with E-state index in [1.165, 1.54) is 6.07 Å². The third-order valence-corrected chi connectivity index (χ3v) is 4.64. The van der Waals surface area contributed by atoms with Gasteiger partial charge in [0.15, 0.2) is 5.69 Å². The number of nitrogens with one attached hydrogen (secondary N) is 3. The zero-order valence-electron chi connectivity index (χ0n) is 16.9. The molecule has 1 saturated heterocycles. The van der Waals surface area contributed by atoms with Crippen LogP contribution in [-0.2, 0) is 14.4 Å². The number of aryl methyl sites for hydroxylation is 1. The largest absolute Gasteiger partial charge is 0.361 e. The molecule has 0 aliphatic carbocycles. The molecule has 1 fully saturated rings. The lowest BCUT2D eigenvalue weighted by atomic mass is 10.0. The van der Waals surface area contributed by atoms with Crippen molar-refractivity contribution in [1.29, 1.82) is 0 Å². The lowest BCUT2D eigenvalue weighted by Crippen LogP contribution is -2.57. The Bertz CT molecular complexity index is 800. The molecule has 2 heterocycles. The Morgan fingerprint density at radius 1 is 1.43 bits per heavy atom. The van der Waals surface area contributed by atoms with Gasteiger partial charge in [0.05, 0.1) is 12.5 Å². The molecular formula is C18H25ClFN5O5. The SMILES string of the molecule is Cc1cc(C(=O)NC(CC(C)C)C(=O)NN(C[C@@H]2CCNC2=O)C(=O)C(F)Cl)no1. The van der Waals surface area contributed by atoms with E-state index >= 15 is 0 Å². The summed E-state index contributed by atoms with van der Waals surface area (Å²) in [7, 11) is 0. The van der Waals surface area contributed by atoms with Gasteiger partial charge in [0.25, 0.3) is 23.4 Å². The van der Waals surface area contributed by atoms with Crippen molar-refractivity contribution in [3.05, 3.63) is 17.5 Å². The lowest BCUT2D eigenvalue weighted by Gasteiger charge is -2.28. The molecule has 1 aliphatic rings. The molecule has 0 spiro atoms. The van der Waals surface area contributed by atoms with E-state index < -0.39 is 35.3 Å². The molecule has 1 aromatic heterocycles. The van der Waals surface area contributed by atoms with Crippen LogP contribution < -0.4 is 16.1 Å². The number of alkyl halides is 2. The number of carbonyl (C=O) groups is 4. The van der Waals surface area contributed by atoms with Gasteiger partial charge in [0.1, 0.15) is 11.8 Å². The second-order valence-corrected chi connectivity index (χ2v) is 7.86. The van der Waals surface area contributed by atoms with Crippen LogP contribution in [0, 0.1) is 18.8 Å². The standard InChI is InChI=1S/C18H25ClFN5O5/c1-9(2)6-12(22-16(27)13-7-10(3)30-24-13)17(28)23-25(18(29)14(19)20)8-11-4-5-21-15(11)26/h7,9,11-12,14H,4-6,8H2,1-3H3,(H,21,26)(H,22,27)(H,23,28)/t11-,12?,14?/m0/s1. The fourth-order valence-electron chi connectivity index (χ4n) is 2.97. The van der Waals surface area contributed by atoms with Crippen molar-refractivity contribution in [3.63, 3.8) is 0 Å². The molecule has 1 aromatic rings. The average Bonchev–Trinajstić information content (AvgIpc) is 3.27. The highest BCUT2D eigenvalue weighted by Gasteiger charge is 2.33. The van der Waals surface area contributed by atoms with Crippen LogP contribution in [0.2, 0.25) is 0 Å². The Hall–Kier alpha value is -2.69. The molecule has 0 radical (unpaired) electrons. The number of nitrogens with zero attached hydrogens (tertiary/aromatic N) is 2. The molecular weight excluding hydrogens is 421 g/mol. The topological polar surface area (TPSA) is 134 Å². The smallest absolute Gasteiger partial charge is 0.291 e. The van der Waals surface area contributed by atoms with Crippen LogP contribution in [0.5, 0.6) is 0 Å². The third-order valence-electron chi connectivity index (χ3n) is 4.45. The predicted octanol–water partition coefficient (Wildman–Crippen LogP) is 0.658. The number of hydrogen-bond donors (Lipinski definition) is 3. The molecule has 12 heteroatoms. The zero-order valence-corrected chi connectivity index (χ0v) is 17.7. The zero-order chi connectivity index (χ0) is 22.4. The summed E-state index contributed by atoms with van der Waals surface area (Å²) in [5.74, 6) is -3.07. The van der Waals surface area contributed by atoms with Crippen molar-refractivity contribution in [2.45, 2.75) is 45.3 Å². The van der Waals surface area contributed by atoms with Crippen molar-refractivity contribution in [3.8, 4) is 0 Å². The number of halogens is 2. The minimum Gasteiger partial charge on any atom is -0.361 e. The van der Waals surface area contributed by atoms with Gasteiger partial charge in [-0.15, -0.1) is 0 Å². The molecule has 2 rings (SSSR count). The summed E-state index contributed by atoms with van der Waals surface area (Å²) in [5, 5.41) is 9.43. The van der Waals surface area contributed by atoms with Crippen LogP contribution in [0.15, 0.2) is 10.6 Å². The maximum absolute atomic E-state index is 13.4. The van der Waals surface area contributed by atoms with Gasteiger partial charge in [-0.05, 0) is 25.7 Å². The number of rotatable bonds is 8. The Balaban J connectivity index is 2.13. The average molecular weight is 446 g/mol. The van der Waals surface area contributed by atoms with E-state index in [-0.39, 0.29) is 30.5 Å². The molecule has 2 unspecified atom stereocenters. The first-order valence-corrected chi connectivity index (χ1v) is 9.94. The quantitative estimate of drug-likeness (QED) is 0.397. The van der Waals surface area contributed by atoms with Crippen molar-refractivity contribution >= 4 is 35.2 Å². The van der Waals surface area contributed by atoms with E-state index in [2.05, 4.69) is 21.2 Å². The number of amides is 4. The van der Waals surface area contributed by atoms with E-state index in [0.29, 0.717) is 23.7 Å². The Morgan fingerprint density at radius 2 is 2.13 bits per heavy atom. The molecule has 0 aromatic carbocycles. The minimum atomic E-state index is -2.40. The molecule has 4 amide bonds. The first-order chi connectivity index (χ1) is 14.1. The van der Waals surface area contributed by atoms with E-state index in [4.69, 9.17) is 16.1 Å². The lowest BCUT2D eigenvalue weighted by molar-refractivity contribution is -0.145. The Morgan fingerprint density at radius 3 is 2.63 bits per heavy atom. The third kappa shape index (κ3) is 6.41. The van der Waals surface area contributed by atoms with Crippen LogP contribution in [0.4, 0.5) is 4.39 Å². The van der Waals surface area contributed by atoms with Gasteiger partial charge in [-0.25, -0.2) is 9.40 Å². The summed E-state index contributed by atoms with van der Waals surface area (Å²) < 4.78 is 18.3. The van der Waals surface area contributed by atoms with Gasteiger partial charge in [-0.3, -0.25) is 24.6 Å². The number of carbonyl (C=O) groups excluding carboxylic acids is 4. The maximum Gasteiger partial charge on any atom is 0.291 e. The Labute approximate surface area is 177 Å². The molecule has 30 heavy (non-hydrogen) atoms. The highest BCUT2D eigenvalue weighted by molar-refractivity contribution is 6.29. The van der Waals surface area contributed by atoms with Gasteiger partial charge >= 0.3 is 0 Å². The summed E-state index contributed by atoms with van der Waals surface area (Å²) in [4.78, 5) is 49.1. The number of aromatic nitrogens is 1. The van der Waals surface area contributed by atoms with Crippen molar-refractivity contribution in [2.75, 3.05) is 13.1 Å². The first kappa shape index (κ1) is 23.6. The van der Waals surface area contributed by atoms with Gasteiger partial charge in [-0.1, -0.05) is 30.6 Å². The van der Waals surface area contributed by atoms with E-state index in [0.717, 1.165) is 0 Å². The normalized spacial score (nSPS) is 17.9. The summed E-state index contributed by atoms with van der Waals surface area (Å²) >= 11 is 5.26. The molecule has 3 N–H and O–H groups in total. The number of hydrazine groups is 1. The van der Waals surface area contributed by atoms with Gasteiger partial charge in [0.2, 0.25) is 5.91 Å². The van der Waals surface area contributed by atoms with Crippen molar-refractivity contribution < 1.29 is 28.1 Å².